The standard InChI is InChI=1S/C26H33N3O4/c1-16(2)11-18(26(32)28-19(15-27)12-17-7-4-5-9-23(17)30)13-24(31)22-14-20-21(29-22)8-6-10-25(20)33-3/h6,8,10,14,16-19,29H,4-5,7,9,11-13H2,1-3H3,(H,28,32). The van der Waals surface area contributed by atoms with Gasteiger partial charge in [-0.25, -0.2) is 0 Å². The van der Waals surface area contributed by atoms with Crippen LogP contribution in [0, 0.1) is 29.1 Å². The van der Waals surface area contributed by atoms with E-state index in [4.69, 9.17) is 4.74 Å². The second-order valence-corrected chi connectivity index (χ2v) is 9.39. The highest BCUT2D eigenvalue weighted by molar-refractivity contribution is 6.02. The molecule has 1 amide bonds. The topological polar surface area (TPSA) is 112 Å². The maximum Gasteiger partial charge on any atom is 0.224 e. The van der Waals surface area contributed by atoms with Gasteiger partial charge in [0.05, 0.1) is 18.9 Å². The summed E-state index contributed by atoms with van der Waals surface area (Å²) in [5, 5.41) is 13.2. The number of nitriles is 1. The molecule has 1 aliphatic rings. The van der Waals surface area contributed by atoms with Crippen LogP contribution in [0.3, 0.4) is 0 Å². The molecule has 33 heavy (non-hydrogen) atoms. The molecular formula is C26H33N3O4. The van der Waals surface area contributed by atoms with Crippen molar-refractivity contribution in [1.82, 2.24) is 10.3 Å². The number of aromatic nitrogens is 1. The molecule has 1 fully saturated rings. The third kappa shape index (κ3) is 6.22. The van der Waals surface area contributed by atoms with Crippen molar-refractivity contribution in [3.8, 4) is 11.8 Å². The maximum atomic E-state index is 13.1. The van der Waals surface area contributed by atoms with Crippen LogP contribution in [0.2, 0.25) is 0 Å². The first-order chi connectivity index (χ1) is 15.8. The highest BCUT2D eigenvalue weighted by Crippen LogP contribution is 2.28. The van der Waals surface area contributed by atoms with Gasteiger partial charge >= 0.3 is 0 Å². The summed E-state index contributed by atoms with van der Waals surface area (Å²) in [6.07, 6.45) is 4.10. The second kappa shape index (κ2) is 11.1. The molecule has 1 aromatic heterocycles. The van der Waals surface area contributed by atoms with Crippen LogP contribution in [0.1, 0.15) is 69.3 Å². The Morgan fingerprint density at radius 2 is 2.09 bits per heavy atom. The highest BCUT2D eigenvalue weighted by atomic mass is 16.5. The first kappa shape index (κ1) is 24.5. The summed E-state index contributed by atoms with van der Waals surface area (Å²) < 4.78 is 5.37. The Balaban J connectivity index is 1.70. The zero-order valence-corrected chi connectivity index (χ0v) is 19.6. The van der Waals surface area contributed by atoms with Crippen LogP contribution in [-0.4, -0.2) is 35.6 Å². The number of benzene rings is 1. The molecule has 0 spiro atoms. The summed E-state index contributed by atoms with van der Waals surface area (Å²) in [4.78, 5) is 41.4. The van der Waals surface area contributed by atoms with Gasteiger partial charge in [-0.2, -0.15) is 5.26 Å². The van der Waals surface area contributed by atoms with Crippen LogP contribution >= 0.6 is 0 Å². The smallest absolute Gasteiger partial charge is 0.224 e. The number of amides is 1. The van der Waals surface area contributed by atoms with Gasteiger partial charge in [-0.3, -0.25) is 14.4 Å². The molecule has 0 radical (unpaired) electrons. The number of aromatic amines is 1. The average Bonchev–Trinajstić information content (AvgIpc) is 3.24. The summed E-state index contributed by atoms with van der Waals surface area (Å²) in [7, 11) is 1.58. The number of hydrogen-bond donors (Lipinski definition) is 2. The average molecular weight is 452 g/mol. The summed E-state index contributed by atoms with van der Waals surface area (Å²) in [5.74, 6) is -0.131. The molecule has 176 valence electrons. The molecule has 1 heterocycles. The number of carbonyl (C=O) groups excluding carboxylic acids is 3. The Labute approximate surface area is 194 Å². The normalized spacial score (nSPS) is 18.0. The Morgan fingerprint density at radius 3 is 2.76 bits per heavy atom. The van der Waals surface area contributed by atoms with Crippen LogP contribution in [-0.2, 0) is 9.59 Å². The molecule has 0 saturated heterocycles. The Kier molecular flexibility index (Phi) is 8.26. The van der Waals surface area contributed by atoms with Gasteiger partial charge in [0.1, 0.15) is 17.6 Å². The van der Waals surface area contributed by atoms with E-state index in [0.29, 0.717) is 30.7 Å². The lowest BCUT2D eigenvalue weighted by atomic mass is 9.83. The number of Topliss-reactive ketones (excluding diaryl/α,β-unsaturated/α-hetero) is 2. The quantitative estimate of drug-likeness (QED) is 0.514. The zero-order chi connectivity index (χ0) is 24.0. The number of methoxy groups -OCH3 is 1. The molecule has 1 aromatic carbocycles. The summed E-state index contributed by atoms with van der Waals surface area (Å²) in [6.45, 7) is 4.00. The van der Waals surface area contributed by atoms with Gasteiger partial charge in [0, 0.05) is 35.6 Å². The molecule has 1 aliphatic carbocycles. The van der Waals surface area contributed by atoms with Crippen LogP contribution in [0.15, 0.2) is 24.3 Å². The van der Waals surface area contributed by atoms with Gasteiger partial charge in [0.2, 0.25) is 5.91 Å². The van der Waals surface area contributed by atoms with Crippen molar-refractivity contribution in [3.05, 3.63) is 30.0 Å². The molecule has 1 saturated carbocycles. The van der Waals surface area contributed by atoms with Crippen LogP contribution in [0.25, 0.3) is 10.9 Å². The summed E-state index contributed by atoms with van der Waals surface area (Å²) >= 11 is 0. The SMILES string of the molecule is COc1cccc2[nH]c(C(=O)CC(CC(C)C)C(=O)NC(C#N)CC3CCCCC3=O)cc12. The van der Waals surface area contributed by atoms with Gasteiger partial charge in [-0.05, 0) is 49.8 Å². The van der Waals surface area contributed by atoms with E-state index < -0.39 is 12.0 Å². The van der Waals surface area contributed by atoms with Crippen molar-refractivity contribution in [2.45, 2.75) is 64.8 Å². The fourth-order valence-electron chi connectivity index (χ4n) is 4.66. The molecular weight excluding hydrogens is 418 g/mol. The maximum absolute atomic E-state index is 13.1. The third-order valence-electron chi connectivity index (χ3n) is 6.38. The molecule has 7 nitrogen and oxygen atoms in total. The van der Waals surface area contributed by atoms with Crippen molar-refractivity contribution in [1.29, 1.82) is 5.26 Å². The Hall–Kier alpha value is -3.14. The summed E-state index contributed by atoms with van der Waals surface area (Å²) in [5.41, 5.74) is 1.23. The minimum atomic E-state index is -0.730. The van der Waals surface area contributed by atoms with E-state index in [2.05, 4.69) is 16.4 Å². The zero-order valence-electron chi connectivity index (χ0n) is 19.6. The Bertz CT molecular complexity index is 1050. The lowest BCUT2D eigenvalue weighted by Gasteiger charge is -2.24. The van der Waals surface area contributed by atoms with Crippen molar-refractivity contribution in [2.24, 2.45) is 17.8 Å². The predicted molar refractivity (Wildman–Crippen MR) is 126 cm³/mol. The van der Waals surface area contributed by atoms with Crippen molar-refractivity contribution >= 4 is 28.4 Å². The lowest BCUT2D eigenvalue weighted by Crippen LogP contribution is -2.41. The minimum absolute atomic E-state index is 0.0413. The van der Waals surface area contributed by atoms with Crippen LogP contribution in [0.5, 0.6) is 5.75 Å². The molecule has 2 N–H and O–H groups in total. The van der Waals surface area contributed by atoms with E-state index in [0.717, 1.165) is 30.2 Å². The second-order valence-electron chi connectivity index (χ2n) is 9.39. The van der Waals surface area contributed by atoms with Gasteiger partial charge < -0.3 is 15.0 Å². The van der Waals surface area contributed by atoms with Crippen molar-refractivity contribution in [2.75, 3.05) is 7.11 Å². The Morgan fingerprint density at radius 1 is 1.30 bits per heavy atom. The van der Waals surface area contributed by atoms with Crippen molar-refractivity contribution in [3.63, 3.8) is 0 Å². The first-order valence-corrected chi connectivity index (χ1v) is 11.7. The molecule has 3 rings (SSSR count). The predicted octanol–water partition coefficient (Wildman–Crippen LogP) is 4.57. The van der Waals surface area contributed by atoms with E-state index >= 15 is 0 Å². The number of nitrogens with zero attached hydrogens (tertiary/aromatic N) is 1. The fraction of sp³-hybridized carbons (Fsp3) is 0.538. The van der Waals surface area contributed by atoms with Crippen LogP contribution < -0.4 is 10.1 Å². The molecule has 2 aromatic rings. The van der Waals surface area contributed by atoms with E-state index in [1.54, 1.807) is 13.2 Å². The van der Waals surface area contributed by atoms with Gasteiger partial charge in [-0.15, -0.1) is 0 Å². The number of fused-ring (bicyclic) bond motifs is 1. The van der Waals surface area contributed by atoms with Crippen molar-refractivity contribution < 1.29 is 19.1 Å². The number of rotatable bonds is 10. The highest BCUT2D eigenvalue weighted by Gasteiger charge is 2.29. The first-order valence-electron chi connectivity index (χ1n) is 11.7. The van der Waals surface area contributed by atoms with Gasteiger partial charge in [0.25, 0.3) is 0 Å². The number of H-pyrrole nitrogens is 1. The van der Waals surface area contributed by atoms with E-state index in [9.17, 15) is 19.6 Å². The largest absolute Gasteiger partial charge is 0.496 e. The molecule has 0 aliphatic heterocycles. The molecule has 0 bridgehead atoms. The van der Waals surface area contributed by atoms with E-state index in [-0.39, 0.29) is 35.7 Å². The molecule has 3 atom stereocenters. The number of ether oxygens (including phenoxy) is 1. The monoisotopic (exact) mass is 451 g/mol. The van der Waals surface area contributed by atoms with E-state index in [1.165, 1.54) is 0 Å². The number of nitrogens with one attached hydrogen (secondary N) is 2. The van der Waals surface area contributed by atoms with Gasteiger partial charge in [0.15, 0.2) is 5.78 Å². The number of carbonyl (C=O) groups is 3. The number of hydrogen-bond acceptors (Lipinski definition) is 5. The number of ketones is 2. The van der Waals surface area contributed by atoms with E-state index in [1.807, 2.05) is 32.0 Å². The van der Waals surface area contributed by atoms with Crippen LogP contribution in [0.4, 0.5) is 0 Å². The minimum Gasteiger partial charge on any atom is -0.496 e. The summed E-state index contributed by atoms with van der Waals surface area (Å²) in [6, 6.07) is 8.71. The van der Waals surface area contributed by atoms with Gasteiger partial charge in [-0.1, -0.05) is 26.3 Å². The molecule has 3 unspecified atom stereocenters. The molecule has 7 heteroatoms. The fourth-order valence-corrected chi connectivity index (χ4v) is 4.66. The lowest BCUT2D eigenvalue weighted by molar-refractivity contribution is -0.127. The third-order valence-corrected chi connectivity index (χ3v) is 6.38.